The van der Waals surface area contributed by atoms with E-state index in [-0.39, 0.29) is 0 Å². The molecule has 3 heteroatoms. The fourth-order valence-corrected chi connectivity index (χ4v) is 4.50. The average molecular weight is 280 g/mol. The van der Waals surface area contributed by atoms with Gasteiger partial charge in [-0.1, -0.05) is 26.7 Å². The molecule has 3 fully saturated rings. The summed E-state index contributed by atoms with van der Waals surface area (Å²) in [5.41, 5.74) is 0. The van der Waals surface area contributed by atoms with Crippen molar-refractivity contribution in [3.05, 3.63) is 0 Å². The molecule has 3 rings (SSSR count). The van der Waals surface area contributed by atoms with Gasteiger partial charge in [-0.05, 0) is 44.1 Å². The smallest absolute Gasteiger partial charge is 0.0827 e. The van der Waals surface area contributed by atoms with E-state index < -0.39 is 0 Å². The predicted octanol–water partition coefficient (Wildman–Crippen LogP) is 2.65. The first kappa shape index (κ1) is 14.8. The van der Waals surface area contributed by atoms with Gasteiger partial charge in [-0.25, -0.2) is 0 Å². The van der Waals surface area contributed by atoms with Gasteiger partial charge in [-0.15, -0.1) is 0 Å². The standard InChI is InChI=1S/C17H32N2O/c1-13(2)16-7-3-4-8-17(16)18-10-15-11-19-9-5-6-14(19)12-20-15/h13-18H,3-12H2,1-2H3. The lowest BCUT2D eigenvalue weighted by Gasteiger charge is -2.39. The molecule has 116 valence electrons. The molecule has 2 aliphatic heterocycles. The van der Waals surface area contributed by atoms with Crippen LogP contribution in [0.1, 0.15) is 52.4 Å². The Morgan fingerprint density at radius 3 is 2.85 bits per heavy atom. The van der Waals surface area contributed by atoms with Gasteiger partial charge in [0.15, 0.2) is 0 Å². The summed E-state index contributed by atoms with van der Waals surface area (Å²) in [5.74, 6) is 1.68. The molecule has 0 aromatic carbocycles. The molecule has 0 aromatic heterocycles. The summed E-state index contributed by atoms with van der Waals surface area (Å²) in [7, 11) is 0. The molecule has 4 atom stereocenters. The van der Waals surface area contributed by atoms with Gasteiger partial charge in [0, 0.05) is 25.2 Å². The molecule has 0 spiro atoms. The van der Waals surface area contributed by atoms with Gasteiger partial charge in [0.1, 0.15) is 0 Å². The van der Waals surface area contributed by atoms with Crippen molar-refractivity contribution in [1.29, 1.82) is 0 Å². The molecule has 1 aliphatic carbocycles. The summed E-state index contributed by atoms with van der Waals surface area (Å²) in [4.78, 5) is 2.65. The number of rotatable bonds is 4. The summed E-state index contributed by atoms with van der Waals surface area (Å²) < 4.78 is 6.07. The molecule has 0 radical (unpaired) electrons. The van der Waals surface area contributed by atoms with Gasteiger partial charge in [-0.2, -0.15) is 0 Å². The maximum Gasteiger partial charge on any atom is 0.0827 e. The summed E-state index contributed by atoms with van der Waals surface area (Å²) in [6, 6.07) is 1.45. The highest BCUT2D eigenvalue weighted by atomic mass is 16.5. The fraction of sp³-hybridized carbons (Fsp3) is 1.00. The third kappa shape index (κ3) is 3.37. The molecule has 0 bridgehead atoms. The van der Waals surface area contributed by atoms with Crippen molar-refractivity contribution in [2.24, 2.45) is 11.8 Å². The van der Waals surface area contributed by atoms with Crippen LogP contribution in [0.15, 0.2) is 0 Å². The predicted molar refractivity (Wildman–Crippen MR) is 82.9 cm³/mol. The van der Waals surface area contributed by atoms with E-state index >= 15 is 0 Å². The first-order valence-corrected chi connectivity index (χ1v) is 8.83. The van der Waals surface area contributed by atoms with Crippen molar-refractivity contribution in [3.8, 4) is 0 Å². The van der Waals surface area contributed by atoms with E-state index in [1.54, 1.807) is 0 Å². The van der Waals surface area contributed by atoms with E-state index in [2.05, 4.69) is 24.1 Å². The molecule has 0 amide bonds. The highest BCUT2D eigenvalue weighted by Gasteiger charge is 2.33. The van der Waals surface area contributed by atoms with Crippen LogP contribution in [0.2, 0.25) is 0 Å². The highest BCUT2D eigenvalue weighted by Crippen LogP contribution is 2.30. The lowest BCUT2D eigenvalue weighted by Crippen LogP contribution is -2.52. The normalized spacial score (nSPS) is 39.1. The number of morpholine rings is 1. The van der Waals surface area contributed by atoms with Crippen molar-refractivity contribution in [2.45, 2.75) is 70.6 Å². The van der Waals surface area contributed by atoms with Crippen LogP contribution in [-0.2, 0) is 4.74 Å². The van der Waals surface area contributed by atoms with Crippen molar-refractivity contribution in [2.75, 3.05) is 26.2 Å². The SMILES string of the molecule is CC(C)C1CCCCC1NCC1CN2CCCC2CO1. The largest absolute Gasteiger partial charge is 0.374 e. The van der Waals surface area contributed by atoms with Crippen LogP contribution in [0.5, 0.6) is 0 Å². The Bertz CT molecular complexity index is 307. The summed E-state index contributed by atoms with van der Waals surface area (Å²) >= 11 is 0. The van der Waals surface area contributed by atoms with Crippen molar-refractivity contribution < 1.29 is 4.74 Å². The molecular weight excluding hydrogens is 248 g/mol. The lowest BCUT2D eigenvalue weighted by atomic mass is 9.78. The molecule has 20 heavy (non-hydrogen) atoms. The minimum absolute atomic E-state index is 0.416. The fourth-order valence-electron chi connectivity index (χ4n) is 4.50. The van der Waals surface area contributed by atoms with Crippen LogP contribution in [0.3, 0.4) is 0 Å². The molecule has 1 N–H and O–H groups in total. The van der Waals surface area contributed by atoms with Gasteiger partial charge in [0.25, 0.3) is 0 Å². The third-order valence-corrected chi connectivity index (χ3v) is 5.74. The minimum Gasteiger partial charge on any atom is -0.374 e. The Hall–Kier alpha value is -0.120. The van der Waals surface area contributed by atoms with Crippen LogP contribution in [-0.4, -0.2) is 49.3 Å². The Balaban J connectivity index is 1.46. The molecule has 0 aromatic rings. The third-order valence-electron chi connectivity index (χ3n) is 5.74. The van der Waals surface area contributed by atoms with Gasteiger partial charge < -0.3 is 10.1 Å². The average Bonchev–Trinajstić information content (AvgIpc) is 2.92. The van der Waals surface area contributed by atoms with Gasteiger partial charge >= 0.3 is 0 Å². The zero-order chi connectivity index (χ0) is 13.9. The molecule has 1 saturated carbocycles. The topological polar surface area (TPSA) is 24.5 Å². The Morgan fingerprint density at radius 1 is 1.15 bits per heavy atom. The Morgan fingerprint density at radius 2 is 2.00 bits per heavy atom. The Kier molecular flexibility index (Phi) is 5.00. The van der Waals surface area contributed by atoms with E-state index in [0.29, 0.717) is 6.10 Å². The molecule has 3 aliphatic rings. The molecule has 2 saturated heterocycles. The number of nitrogens with zero attached hydrogens (tertiary/aromatic N) is 1. The number of fused-ring (bicyclic) bond motifs is 1. The first-order chi connectivity index (χ1) is 9.74. The van der Waals surface area contributed by atoms with Crippen LogP contribution < -0.4 is 5.32 Å². The second-order valence-electron chi connectivity index (χ2n) is 7.45. The number of nitrogens with one attached hydrogen (secondary N) is 1. The van der Waals surface area contributed by atoms with Gasteiger partial charge in [-0.3, -0.25) is 4.90 Å². The summed E-state index contributed by atoms with van der Waals surface area (Å²) in [5, 5.41) is 3.85. The number of hydrogen-bond donors (Lipinski definition) is 1. The second-order valence-corrected chi connectivity index (χ2v) is 7.45. The van der Waals surface area contributed by atoms with Crippen molar-refractivity contribution in [1.82, 2.24) is 10.2 Å². The van der Waals surface area contributed by atoms with Crippen LogP contribution in [0, 0.1) is 11.8 Å². The molecular formula is C17H32N2O. The van der Waals surface area contributed by atoms with Crippen LogP contribution >= 0.6 is 0 Å². The van der Waals surface area contributed by atoms with E-state index in [1.807, 2.05) is 0 Å². The number of hydrogen-bond acceptors (Lipinski definition) is 3. The minimum atomic E-state index is 0.416. The lowest BCUT2D eigenvalue weighted by molar-refractivity contribution is -0.0492. The maximum atomic E-state index is 6.07. The monoisotopic (exact) mass is 280 g/mol. The summed E-state index contributed by atoms with van der Waals surface area (Å²) in [6.07, 6.45) is 8.73. The van der Waals surface area contributed by atoms with Gasteiger partial charge in [0.05, 0.1) is 12.7 Å². The first-order valence-electron chi connectivity index (χ1n) is 8.83. The van der Waals surface area contributed by atoms with E-state index in [9.17, 15) is 0 Å². The van der Waals surface area contributed by atoms with E-state index in [1.165, 1.54) is 45.1 Å². The van der Waals surface area contributed by atoms with Crippen LogP contribution in [0.4, 0.5) is 0 Å². The zero-order valence-corrected chi connectivity index (χ0v) is 13.3. The quantitative estimate of drug-likeness (QED) is 0.857. The Labute approximate surface area is 124 Å². The molecule has 2 heterocycles. The molecule has 4 unspecified atom stereocenters. The van der Waals surface area contributed by atoms with Crippen LogP contribution in [0.25, 0.3) is 0 Å². The second kappa shape index (κ2) is 6.76. The summed E-state index contributed by atoms with van der Waals surface area (Å²) in [6.45, 7) is 9.23. The van der Waals surface area contributed by atoms with Gasteiger partial charge in [0.2, 0.25) is 0 Å². The van der Waals surface area contributed by atoms with Crippen molar-refractivity contribution in [3.63, 3.8) is 0 Å². The maximum absolute atomic E-state index is 6.07. The molecule has 3 nitrogen and oxygen atoms in total. The highest BCUT2D eigenvalue weighted by molar-refractivity contribution is 4.88. The van der Waals surface area contributed by atoms with Crippen molar-refractivity contribution >= 4 is 0 Å². The van der Waals surface area contributed by atoms with E-state index in [4.69, 9.17) is 4.74 Å². The number of ether oxygens (including phenoxy) is 1. The zero-order valence-electron chi connectivity index (χ0n) is 13.3. The van der Waals surface area contributed by atoms with E-state index in [0.717, 1.165) is 43.6 Å².